The van der Waals surface area contributed by atoms with Crippen molar-refractivity contribution in [3.05, 3.63) is 30.1 Å². The van der Waals surface area contributed by atoms with Crippen LogP contribution >= 0.6 is 0 Å². The number of carbonyl (C=O) groups excluding carboxylic acids is 1. The van der Waals surface area contributed by atoms with E-state index in [4.69, 9.17) is 0 Å². The summed E-state index contributed by atoms with van der Waals surface area (Å²) < 4.78 is 25.3. The van der Waals surface area contributed by atoms with E-state index in [1.807, 2.05) is 29.2 Å². The highest BCUT2D eigenvalue weighted by Gasteiger charge is 2.26. The Labute approximate surface area is 148 Å². The molecule has 0 unspecified atom stereocenters. The third-order valence-corrected chi connectivity index (χ3v) is 5.62. The van der Waals surface area contributed by atoms with Crippen molar-refractivity contribution >= 4 is 26.8 Å². The van der Waals surface area contributed by atoms with Crippen LogP contribution in [0.25, 0.3) is 11.0 Å². The Morgan fingerprint density at radius 1 is 1.28 bits per heavy atom. The zero-order valence-electron chi connectivity index (χ0n) is 14.8. The van der Waals surface area contributed by atoms with Crippen LogP contribution in [0.4, 0.5) is 0 Å². The van der Waals surface area contributed by atoms with Gasteiger partial charge < -0.3 is 9.47 Å². The molecule has 1 fully saturated rings. The first-order valence-corrected chi connectivity index (χ1v) is 10.9. The summed E-state index contributed by atoms with van der Waals surface area (Å²) in [6, 6.07) is 7.76. The number of hydrogen-bond acceptors (Lipinski definition) is 4. The molecule has 2 aromatic rings. The minimum absolute atomic E-state index is 0.0458. The summed E-state index contributed by atoms with van der Waals surface area (Å²) >= 11 is 0. The molecular weight excluding hydrogens is 338 g/mol. The van der Waals surface area contributed by atoms with E-state index in [0.29, 0.717) is 5.82 Å². The second-order valence-electron chi connectivity index (χ2n) is 6.82. The molecule has 1 aromatic heterocycles. The number of para-hydroxylation sites is 2. The molecule has 1 amide bonds. The molecule has 1 aromatic carbocycles. The maximum atomic E-state index is 12.9. The number of benzene rings is 1. The number of piperidine rings is 1. The van der Waals surface area contributed by atoms with Crippen molar-refractivity contribution in [2.75, 3.05) is 12.8 Å². The van der Waals surface area contributed by atoms with Gasteiger partial charge in [-0.3, -0.25) is 4.79 Å². The summed E-state index contributed by atoms with van der Waals surface area (Å²) in [5.41, 5.74) is 1.53. The highest BCUT2D eigenvalue weighted by Crippen LogP contribution is 2.22. The Morgan fingerprint density at radius 3 is 2.76 bits per heavy atom. The van der Waals surface area contributed by atoms with Gasteiger partial charge in [0.2, 0.25) is 5.91 Å². The Hall–Kier alpha value is -1.89. The summed E-state index contributed by atoms with van der Waals surface area (Å²) in [7, 11) is -3.23. The Balaban J connectivity index is 1.93. The van der Waals surface area contributed by atoms with E-state index in [2.05, 4.69) is 11.9 Å². The normalized spacial score (nSPS) is 18.6. The average molecular weight is 363 g/mol. The van der Waals surface area contributed by atoms with Gasteiger partial charge in [-0.25, -0.2) is 13.4 Å². The number of aromatic nitrogens is 2. The van der Waals surface area contributed by atoms with Crippen molar-refractivity contribution in [2.45, 2.75) is 50.9 Å². The van der Waals surface area contributed by atoms with E-state index >= 15 is 0 Å². The van der Waals surface area contributed by atoms with Gasteiger partial charge in [-0.2, -0.15) is 0 Å². The van der Waals surface area contributed by atoms with Crippen molar-refractivity contribution in [3.8, 4) is 0 Å². The molecule has 7 heteroatoms. The number of amides is 1. The topological polar surface area (TPSA) is 72.3 Å². The molecule has 0 spiro atoms. The molecule has 0 saturated carbocycles. The number of sulfone groups is 1. The van der Waals surface area contributed by atoms with Crippen molar-refractivity contribution in [1.82, 2.24) is 14.5 Å². The molecule has 0 N–H and O–H groups in total. The van der Waals surface area contributed by atoms with Gasteiger partial charge in [0.25, 0.3) is 0 Å². The standard InChI is InChI=1S/C18H25N3O3S/c1-3-14-8-6-7-11-20(14)18(22)12-21-16-10-5-4-9-15(16)19-17(21)13-25(2,23)24/h4-5,9-10,14H,3,6-8,11-13H2,1-2H3/t14-/m0/s1. The van der Waals surface area contributed by atoms with Crippen LogP contribution in [0.2, 0.25) is 0 Å². The van der Waals surface area contributed by atoms with Gasteiger partial charge in [0.05, 0.1) is 11.0 Å². The molecule has 1 aliphatic rings. The lowest BCUT2D eigenvalue weighted by atomic mass is 10.00. The average Bonchev–Trinajstić information content (AvgIpc) is 2.90. The smallest absolute Gasteiger partial charge is 0.242 e. The number of rotatable bonds is 5. The Bertz CT molecular complexity index is 873. The fourth-order valence-electron chi connectivity index (χ4n) is 3.63. The second kappa shape index (κ2) is 7.15. The van der Waals surface area contributed by atoms with Crippen molar-refractivity contribution < 1.29 is 13.2 Å². The molecule has 0 radical (unpaired) electrons. The van der Waals surface area contributed by atoms with Gasteiger partial charge in [0.15, 0.2) is 9.84 Å². The maximum absolute atomic E-state index is 12.9. The van der Waals surface area contributed by atoms with E-state index in [9.17, 15) is 13.2 Å². The molecule has 1 atom stereocenters. The molecule has 25 heavy (non-hydrogen) atoms. The van der Waals surface area contributed by atoms with Crippen LogP contribution in [0.1, 0.15) is 38.4 Å². The maximum Gasteiger partial charge on any atom is 0.242 e. The van der Waals surface area contributed by atoms with Crippen molar-refractivity contribution in [2.24, 2.45) is 0 Å². The van der Waals surface area contributed by atoms with Crippen LogP contribution in [-0.2, 0) is 26.9 Å². The molecule has 3 rings (SSSR count). The highest BCUT2D eigenvalue weighted by molar-refractivity contribution is 7.89. The third-order valence-electron chi connectivity index (χ3n) is 4.84. The van der Waals surface area contributed by atoms with Gasteiger partial charge in [-0.15, -0.1) is 0 Å². The summed E-state index contributed by atoms with van der Waals surface area (Å²) in [5, 5.41) is 0. The molecule has 0 aliphatic carbocycles. The molecule has 1 saturated heterocycles. The molecule has 2 heterocycles. The predicted molar refractivity (Wildman–Crippen MR) is 97.9 cm³/mol. The van der Waals surface area contributed by atoms with Gasteiger partial charge in [0.1, 0.15) is 18.1 Å². The molecule has 1 aliphatic heterocycles. The van der Waals surface area contributed by atoms with Crippen LogP contribution in [0, 0.1) is 0 Å². The van der Waals surface area contributed by atoms with Crippen LogP contribution in [0.5, 0.6) is 0 Å². The fourth-order valence-corrected chi connectivity index (χ4v) is 4.32. The van der Waals surface area contributed by atoms with Crippen LogP contribution in [0.15, 0.2) is 24.3 Å². The second-order valence-corrected chi connectivity index (χ2v) is 8.96. The summed E-state index contributed by atoms with van der Waals surface area (Å²) in [4.78, 5) is 19.3. The number of hydrogen-bond donors (Lipinski definition) is 0. The number of nitrogens with zero attached hydrogens (tertiary/aromatic N) is 3. The number of carbonyl (C=O) groups is 1. The summed E-state index contributed by atoms with van der Waals surface area (Å²) in [5.74, 6) is 0.318. The van der Waals surface area contributed by atoms with E-state index in [1.54, 1.807) is 4.57 Å². The number of fused-ring (bicyclic) bond motifs is 1. The van der Waals surface area contributed by atoms with Crippen LogP contribution < -0.4 is 0 Å². The molecule has 6 nitrogen and oxygen atoms in total. The van der Waals surface area contributed by atoms with Crippen LogP contribution in [-0.4, -0.2) is 47.6 Å². The van der Waals surface area contributed by atoms with Gasteiger partial charge in [-0.05, 0) is 37.8 Å². The Morgan fingerprint density at radius 2 is 2.04 bits per heavy atom. The molecule has 136 valence electrons. The van der Waals surface area contributed by atoms with Gasteiger partial charge in [0, 0.05) is 18.8 Å². The monoisotopic (exact) mass is 363 g/mol. The predicted octanol–water partition coefficient (Wildman–Crippen LogP) is 2.37. The largest absolute Gasteiger partial charge is 0.338 e. The lowest BCUT2D eigenvalue weighted by Crippen LogP contribution is -2.45. The zero-order valence-corrected chi connectivity index (χ0v) is 15.6. The highest BCUT2D eigenvalue weighted by atomic mass is 32.2. The first-order valence-electron chi connectivity index (χ1n) is 8.80. The minimum atomic E-state index is -3.23. The quantitative estimate of drug-likeness (QED) is 0.818. The minimum Gasteiger partial charge on any atom is -0.338 e. The van der Waals surface area contributed by atoms with Gasteiger partial charge in [-0.1, -0.05) is 19.1 Å². The molecule has 0 bridgehead atoms. The first-order chi connectivity index (χ1) is 11.9. The van der Waals surface area contributed by atoms with Crippen molar-refractivity contribution in [1.29, 1.82) is 0 Å². The third kappa shape index (κ3) is 4.03. The zero-order chi connectivity index (χ0) is 18.0. The lowest BCUT2D eigenvalue weighted by Gasteiger charge is -2.35. The number of likely N-dealkylation sites (tertiary alicyclic amines) is 1. The Kier molecular flexibility index (Phi) is 5.13. The lowest BCUT2D eigenvalue weighted by molar-refractivity contribution is -0.135. The van der Waals surface area contributed by atoms with Crippen molar-refractivity contribution in [3.63, 3.8) is 0 Å². The van der Waals surface area contributed by atoms with Crippen LogP contribution in [0.3, 0.4) is 0 Å². The van der Waals surface area contributed by atoms with E-state index in [0.717, 1.165) is 43.3 Å². The van der Waals surface area contributed by atoms with E-state index in [-0.39, 0.29) is 24.2 Å². The van der Waals surface area contributed by atoms with Gasteiger partial charge >= 0.3 is 0 Å². The number of imidazole rings is 1. The van der Waals surface area contributed by atoms with E-state index in [1.165, 1.54) is 6.26 Å². The SMILES string of the molecule is CC[C@H]1CCCCN1C(=O)Cn1c(CS(C)(=O)=O)nc2ccccc21. The summed E-state index contributed by atoms with van der Waals surface area (Å²) in [6.07, 6.45) is 5.38. The molecular formula is C18H25N3O3S. The first kappa shape index (κ1) is 17.9. The summed E-state index contributed by atoms with van der Waals surface area (Å²) in [6.45, 7) is 3.03. The van der Waals surface area contributed by atoms with E-state index < -0.39 is 9.84 Å². The fraction of sp³-hybridized carbons (Fsp3) is 0.556.